The summed E-state index contributed by atoms with van der Waals surface area (Å²) in [6, 6.07) is 11.5. The van der Waals surface area contributed by atoms with Gasteiger partial charge in [0, 0.05) is 22.0 Å². The van der Waals surface area contributed by atoms with Gasteiger partial charge in [-0.3, -0.25) is 0 Å². The van der Waals surface area contributed by atoms with Gasteiger partial charge in [-0.05, 0) is 17.7 Å². The Hall–Kier alpha value is -1.82. The molecule has 6 heteroatoms. The summed E-state index contributed by atoms with van der Waals surface area (Å²) >= 11 is 1.06. The van der Waals surface area contributed by atoms with Crippen LogP contribution < -0.4 is 11.5 Å². The zero-order valence-electron chi connectivity index (χ0n) is 10.4. The van der Waals surface area contributed by atoms with Crippen LogP contribution in [0.1, 0.15) is 11.1 Å². The van der Waals surface area contributed by atoms with Crippen LogP contribution in [0.4, 0.5) is 24.5 Å². The van der Waals surface area contributed by atoms with E-state index in [1.165, 1.54) is 6.07 Å². The van der Waals surface area contributed by atoms with Gasteiger partial charge >= 0.3 is 6.18 Å². The van der Waals surface area contributed by atoms with Crippen LogP contribution in [0.2, 0.25) is 0 Å². The number of hydrogen-bond acceptors (Lipinski definition) is 3. The summed E-state index contributed by atoms with van der Waals surface area (Å²) in [5.41, 5.74) is 11.3. The van der Waals surface area contributed by atoms with Gasteiger partial charge in [-0.15, -0.1) is 11.8 Å². The molecule has 2 aromatic rings. The number of nitrogens with two attached hydrogens (primary N) is 2. The monoisotopic (exact) mass is 298 g/mol. The first-order valence-corrected chi connectivity index (χ1v) is 6.79. The number of anilines is 2. The molecule has 0 spiro atoms. The highest BCUT2D eigenvalue weighted by molar-refractivity contribution is 7.98. The molecule has 2 rings (SSSR count). The van der Waals surface area contributed by atoms with E-state index in [1.807, 2.05) is 30.3 Å². The maximum atomic E-state index is 13.0. The summed E-state index contributed by atoms with van der Waals surface area (Å²) < 4.78 is 39.0. The fourth-order valence-corrected chi connectivity index (χ4v) is 2.84. The van der Waals surface area contributed by atoms with Crippen LogP contribution in [-0.4, -0.2) is 0 Å². The van der Waals surface area contributed by atoms with Crippen molar-refractivity contribution in [1.29, 1.82) is 0 Å². The molecule has 106 valence electrons. The molecule has 0 atom stereocenters. The fourth-order valence-electron chi connectivity index (χ4n) is 1.78. The minimum Gasteiger partial charge on any atom is -0.399 e. The van der Waals surface area contributed by atoms with E-state index < -0.39 is 11.7 Å². The molecule has 0 aromatic heterocycles. The van der Waals surface area contributed by atoms with Gasteiger partial charge in [-0.2, -0.15) is 13.2 Å². The lowest BCUT2D eigenvalue weighted by molar-refractivity contribution is -0.139. The van der Waals surface area contributed by atoms with E-state index in [0.29, 0.717) is 5.75 Å². The fraction of sp³-hybridized carbons (Fsp3) is 0.143. The van der Waals surface area contributed by atoms with Crippen LogP contribution in [0.3, 0.4) is 0 Å². The molecule has 0 fully saturated rings. The number of alkyl halides is 3. The molecule has 2 aromatic carbocycles. The van der Waals surface area contributed by atoms with Gasteiger partial charge < -0.3 is 11.5 Å². The maximum absolute atomic E-state index is 13.0. The summed E-state index contributed by atoms with van der Waals surface area (Å²) in [5, 5.41) is 0. The number of nitrogen functional groups attached to an aromatic ring is 2. The second-order valence-corrected chi connectivity index (χ2v) is 5.24. The third kappa shape index (κ3) is 3.39. The Balaban J connectivity index is 2.31. The van der Waals surface area contributed by atoms with Crippen LogP contribution in [0.5, 0.6) is 0 Å². The van der Waals surface area contributed by atoms with Crippen LogP contribution in [0.25, 0.3) is 0 Å². The first-order valence-electron chi connectivity index (χ1n) is 5.81. The molecular formula is C14H13F3N2S. The first-order chi connectivity index (χ1) is 9.38. The summed E-state index contributed by atoms with van der Waals surface area (Å²) in [5.74, 6) is 0.415. The smallest absolute Gasteiger partial charge is 0.399 e. The first kappa shape index (κ1) is 14.6. The molecule has 0 radical (unpaired) electrons. The Morgan fingerprint density at radius 1 is 1.00 bits per heavy atom. The third-order valence-corrected chi connectivity index (χ3v) is 3.89. The number of hydrogen-bond donors (Lipinski definition) is 2. The topological polar surface area (TPSA) is 52.0 Å². The van der Waals surface area contributed by atoms with Crippen LogP contribution in [0, 0.1) is 0 Å². The van der Waals surface area contributed by atoms with Crippen molar-refractivity contribution in [2.45, 2.75) is 16.8 Å². The van der Waals surface area contributed by atoms with Crippen molar-refractivity contribution in [3.05, 3.63) is 53.6 Å². The van der Waals surface area contributed by atoms with Gasteiger partial charge in [-0.1, -0.05) is 30.3 Å². The Kier molecular flexibility index (Phi) is 4.13. The van der Waals surface area contributed by atoms with Gasteiger partial charge in [0.05, 0.1) is 5.56 Å². The molecule has 0 unspecified atom stereocenters. The quantitative estimate of drug-likeness (QED) is 0.660. The molecule has 4 N–H and O–H groups in total. The van der Waals surface area contributed by atoms with Crippen LogP contribution in [0.15, 0.2) is 47.4 Å². The largest absolute Gasteiger partial charge is 0.417 e. The van der Waals surface area contributed by atoms with Gasteiger partial charge in [-0.25, -0.2) is 0 Å². The van der Waals surface area contributed by atoms with Crippen LogP contribution in [-0.2, 0) is 11.9 Å². The molecule has 20 heavy (non-hydrogen) atoms. The average molecular weight is 298 g/mol. The Labute approximate surface area is 119 Å². The SMILES string of the molecule is Nc1cc(N)c(SCc2ccccc2)c(C(F)(F)F)c1. The van der Waals surface area contributed by atoms with Crippen molar-refractivity contribution in [3.8, 4) is 0 Å². The van der Waals surface area contributed by atoms with E-state index >= 15 is 0 Å². The molecule has 0 aliphatic rings. The summed E-state index contributed by atoms with van der Waals surface area (Å²) in [4.78, 5) is 0.0237. The van der Waals surface area contributed by atoms with Crippen molar-refractivity contribution in [2.24, 2.45) is 0 Å². The lowest BCUT2D eigenvalue weighted by Gasteiger charge is -2.15. The van der Waals surface area contributed by atoms with Crippen molar-refractivity contribution in [1.82, 2.24) is 0 Å². The maximum Gasteiger partial charge on any atom is 0.417 e. The number of benzene rings is 2. The Morgan fingerprint density at radius 2 is 1.65 bits per heavy atom. The van der Waals surface area contributed by atoms with Crippen molar-refractivity contribution in [3.63, 3.8) is 0 Å². The highest BCUT2D eigenvalue weighted by atomic mass is 32.2. The van der Waals surface area contributed by atoms with Crippen molar-refractivity contribution < 1.29 is 13.2 Å². The summed E-state index contributed by atoms with van der Waals surface area (Å²) in [7, 11) is 0. The predicted octanol–water partition coefficient (Wildman–Crippen LogP) is 4.16. The molecule has 2 nitrogen and oxygen atoms in total. The zero-order chi connectivity index (χ0) is 14.8. The van der Waals surface area contributed by atoms with E-state index in [2.05, 4.69) is 0 Å². The minimum atomic E-state index is -4.47. The number of halogens is 3. The zero-order valence-corrected chi connectivity index (χ0v) is 11.3. The van der Waals surface area contributed by atoms with E-state index in [1.54, 1.807) is 0 Å². The third-order valence-electron chi connectivity index (χ3n) is 2.67. The van der Waals surface area contributed by atoms with E-state index in [-0.39, 0.29) is 16.3 Å². The molecule has 0 amide bonds. The minimum absolute atomic E-state index is 0.0129. The molecule has 0 bridgehead atoms. The molecule has 0 aliphatic carbocycles. The summed E-state index contributed by atoms with van der Waals surface area (Å²) in [6.07, 6.45) is -4.47. The number of thioether (sulfide) groups is 1. The van der Waals surface area contributed by atoms with Gasteiger partial charge in [0.2, 0.25) is 0 Å². The summed E-state index contributed by atoms with van der Waals surface area (Å²) in [6.45, 7) is 0. The lowest BCUT2D eigenvalue weighted by atomic mass is 10.1. The van der Waals surface area contributed by atoms with E-state index in [0.717, 1.165) is 23.4 Å². The average Bonchev–Trinajstić information content (AvgIpc) is 2.37. The van der Waals surface area contributed by atoms with Gasteiger partial charge in [0.15, 0.2) is 0 Å². The number of rotatable bonds is 3. The molecular weight excluding hydrogens is 285 g/mol. The normalized spacial score (nSPS) is 11.6. The Morgan fingerprint density at radius 3 is 2.25 bits per heavy atom. The van der Waals surface area contributed by atoms with Crippen molar-refractivity contribution >= 4 is 23.1 Å². The predicted molar refractivity (Wildman–Crippen MR) is 76.3 cm³/mol. The lowest BCUT2D eigenvalue weighted by Crippen LogP contribution is -2.09. The van der Waals surface area contributed by atoms with Crippen LogP contribution >= 0.6 is 11.8 Å². The molecule has 0 saturated carbocycles. The van der Waals surface area contributed by atoms with Crippen molar-refractivity contribution in [2.75, 3.05) is 11.5 Å². The van der Waals surface area contributed by atoms with E-state index in [9.17, 15) is 13.2 Å². The highest BCUT2D eigenvalue weighted by Gasteiger charge is 2.34. The van der Waals surface area contributed by atoms with Gasteiger partial charge in [0.1, 0.15) is 0 Å². The molecule has 0 aliphatic heterocycles. The standard InChI is InChI=1S/C14H13F3N2S/c15-14(16,17)11-6-10(18)7-12(19)13(11)20-8-9-4-2-1-3-5-9/h1-7H,8,18-19H2. The highest BCUT2D eigenvalue weighted by Crippen LogP contribution is 2.42. The molecule has 0 saturated heterocycles. The molecule has 0 heterocycles. The van der Waals surface area contributed by atoms with E-state index in [4.69, 9.17) is 11.5 Å². The Bertz CT molecular complexity index is 597. The van der Waals surface area contributed by atoms with Gasteiger partial charge in [0.25, 0.3) is 0 Å². The second kappa shape index (κ2) is 5.66. The second-order valence-electron chi connectivity index (χ2n) is 4.26.